The molecule has 1 aromatic heterocycles. The first-order valence-corrected chi connectivity index (χ1v) is 10.6. The Hall–Kier alpha value is -2.74. The van der Waals surface area contributed by atoms with Crippen molar-refractivity contribution >= 4 is 17.5 Å². The van der Waals surface area contributed by atoms with E-state index >= 15 is 0 Å². The van der Waals surface area contributed by atoms with Gasteiger partial charge in [-0.15, -0.1) is 0 Å². The molecule has 4 rings (SSSR count). The van der Waals surface area contributed by atoms with Gasteiger partial charge in [0.1, 0.15) is 5.69 Å². The predicted octanol–water partition coefficient (Wildman–Crippen LogP) is 2.67. The number of nitrogens with one attached hydrogen (secondary N) is 1. The van der Waals surface area contributed by atoms with Crippen molar-refractivity contribution < 1.29 is 14.3 Å². The molecule has 0 bridgehead atoms. The molecular weight excluding hydrogens is 385 g/mol. The second kappa shape index (κ2) is 8.95. The molecule has 160 valence electrons. The summed E-state index contributed by atoms with van der Waals surface area (Å²) < 4.78 is 14.6. The summed E-state index contributed by atoms with van der Waals surface area (Å²) in [6.07, 6.45) is 4.24. The lowest BCUT2D eigenvalue weighted by Gasteiger charge is -2.32. The number of carbonyl (C=O) groups excluding carboxylic acids is 1. The number of nitrogens with zero attached hydrogens (tertiary/aromatic N) is 4. The third-order valence-corrected chi connectivity index (χ3v) is 5.90. The topological polar surface area (TPSA) is 81.6 Å². The van der Waals surface area contributed by atoms with Gasteiger partial charge in [-0.3, -0.25) is 4.79 Å². The monoisotopic (exact) mass is 413 g/mol. The van der Waals surface area contributed by atoms with E-state index in [1.807, 2.05) is 29.2 Å². The fourth-order valence-electron chi connectivity index (χ4n) is 4.20. The van der Waals surface area contributed by atoms with Crippen molar-refractivity contribution in [3.63, 3.8) is 0 Å². The first-order chi connectivity index (χ1) is 14.5. The molecule has 1 atom stereocenters. The lowest BCUT2D eigenvalue weighted by Crippen LogP contribution is -2.41. The SMILES string of the molecule is CC(=O)N1CCC(Nc2ncc(F)c(-c3cccc(N4CCC[C@@H](O)C4)c3)n2)CC1. The highest BCUT2D eigenvalue weighted by atomic mass is 19.1. The maximum Gasteiger partial charge on any atom is 0.223 e. The van der Waals surface area contributed by atoms with Gasteiger partial charge in [0.05, 0.1) is 12.3 Å². The molecule has 2 fully saturated rings. The van der Waals surface area contributed by atoms with Crippen LogP contribution in [-0.2, 0) is 4.79 Å². The molecule has 7 nitrogen and oxygen atoms in total. The summed E-state index contributed by atoms with van der Waals surface area (Å²) in [7, 11) is 0. The van der Waals surface area contributed by atoms with E-state index in [0.29, 0.717) is 31.1 Å². The standard InChI is InChI=1S/C22H28FN5O2/c1-15(29)27-10-7-17(8-11-27)25-22-24-13-20(23)21(26-22)16-4-2-5-18(12-16)28-9-3-6-19(30)14-28/h2,4-5,12-13,17,19,30H,3,6-11,14H2,1H3,(H,24,25,26)/t19-/m1/s1. The number of aliphatic hydroxyl groups excluding tert-OH is 1. The van der Waals surface area contributed by atoms with Crippen molar-refractivity contribution in [2.75, 3.05) is 36.4 Å². The summed E-state index contributed by atoms with van der Waals surface area (Å²) >= 11 is 0. The van der Waals surface area contributed by atoms with E-state index in [4.69, 9.17) is 0 Å². The van der Waals surface area contributed by atoms with Gasteiger partial charge in [-0.05, 0) is 37.8 Å². The molecule has 0 spiro atoms. The number of hydrogen-bond acceptors (Lipinski definition) is 6. The molecule has 30 heavy (non-hydrogen) atoms. The van der Waals surface area contributed by atoms with Crippen molar-refractivity contribution in [1.29, 1.82) is 0 Å². The maximum atomic E-state index is 14.6. The van der Waals surface area contributed by atoms with Gasteiger partial charge in [0, 0.05) is 50.4 Å². The van der Waals surface area contributed by atoms with Crippen molar-refractivity contribution in [1.82, 2.24) is 14.9 Å². The smallest absolute Gasteiger partial charge is 0.223 e. The summed E-state index contributed by atoms with van der Waals surface area (Å²) in [4.78, 5) is 24.0. The minimum Gasteiger partial charge on any atom is -0.391 e. The Morgan fingerprint density at radius 3 is 2.77 bits per heavy atom. The van der Waals surface area contributed by atoms with Crippen LogP contribution >= 0.6 is 0 Å². The van der Waals surface area contributed by atoms with Crippen molar-refractivity contribution in [2.24, 2.45) is 0 Å². The number of anilines is 2. The Labute approximate surface area is 175 Å². The van der Waals surface area contributed by atoms with Gasteiger partial charge in [-0.25, -0.2) is 14.4 Å². The van der Waals surface area contributed by atoms with Crippen LogP contribution in [-0.4, -0.2) is 64.2 Å². The summed E-state index contributed by atoms with van der Waals surface area (Å²) in [6, 6.07) is 7.77. The Morgan fingerprint density at radius 2 is 2.03 bits per heavy atom. The second-order valence-corrected chi connectivity index (χ2v) is 8.11. The highest BCUT2D eigenvalue weighted by Gasteiger charge is 2.22. The second-order valence-electron chi connectivity index (χ2n) is 8.11. The summed E-state index contributed by atoms with van der Waals surface area (Å²) in [5.74, 6) is 0.0177. The van der Waals surface area contributed by atoms with Crippen LogP contribution < -0.4 is 10.2 Å². The Kier molecular flexibility index (Phi) is 6.13. The zero-order chi connectivity index (χ0) is 21.1. The van der Waals surface area contributed by atoms with Crippen LogP contribution in [0.4, 0.5) is 16.0 Å². The van der Waals surface area contributed by atoms with Crippen LogP contribution in [0.5, 0.6) is 0 Å². The normalized spacial score (nSPS) is 20.3. The fraction of sp³-hybridized carbons (Fsp3) is 0.500. The lowest BCUT2D eigenvalue weighted by atomic mass is 10.1. The van der Waals surface area contributed by atoms with Crippen LogP contribution in [0.2, 0.25) is 0 Å². The van der Waals surface area contributed by atoms with Gasteiger partial charge in [0.15, 0.2) is 5.82 Å². The molecule has 3 heterocycles. The molecule has 0 aliphatic carbocycles. The lowest BCUT2D eigenvalue weighted by molar-refractivity contribution is -0.129. The van der Waals surface area contributed by atoms with Crippen LogP contribution in [0.15, 0.2) is 30.5 Å². The number of hydrogen-bond donors (Lipinski definition) is 2. The van der Waals surface area contributed by atoms with Crippen LogP contribution in [0, 0.1) is 5.82 Å². The first-order valence-electron chi connectivity index (χ1n) is 10.6. The Bertz CT molecular complexity index is 901. The number of piperidine rings is 2. The average Bonchev–Trinajstić information content (AvgIpc) is 2.75. The number of likely N-dealkylation sites (tertiary alicyclic amines) is 1. The zero-order valence-corrected chi connectivity index (χ0v) is 17.2. The average molecular weight is 413 g/mol. The number of rotatable bonds is 4. The largest absolute Gasteiger partial charge is 0.391 e. The highest BCUT2D eigenvalue weighted by molar-refractivity contribution is 5.73. The number of β-amino-alcohol motifs (C(OH)–C–C–N with tert-alkyl or cyclic N) is 1. The fourth-order valence-corrected chi connectivity index (χ4v) is 4.20. The van der Waals surface area contributed by atoms with Crippen molar-refractivity contribution in [3.8, 4) is 11.3 Å². The van der Waals surface area contributed by atoms with Gasteiger partial charge < -0.3 is 20.2 Å². The third-order valence-electron chi connectivity index (χ3n) is 5.90. The van der Waals surface area contributed by atoms with Crippen molar-refractivity contribution in [3.05, 3.63) is 36.3 Å². The number of aromatic nitrogens is 2. The summed E-state index contributed by atoms with van der Waals surface area (Å²) in [6.45, 7) is 4.44. The summed E-state index contributed by atoms with van der Waals surface area (Å²) in [5.41, 5.74) is 1.89. The molecule has 1 amide bonds. The molecular formula is C22H28FN5O2. The number of carbonyl (C=O) groups is 1. The predicted molar refractivity (Wildman–Crippen MR) is 114 cm³/mol. The van der Waals surface area contributed by atoms with E-state index in [1.54, 1.807) is 6.92 Å². The molecule has 2 aromatic rings. The minimum atomic E-state index is -0.470. The molecule has 2 aliphatic rings. The number of halogens is 1. The van der Waals surface area contributed by atoms with E-state index in [9.17, 15) is 14.3 Å². The van der Waals surface area contributed by atoms with Gasteiger partial charge in [-0.1, -0.05) is 12.1 Å². The first kappa shape index (κ1) is 20.5. The zero-order valence-electron chi connectivity index (χ0n) is 17.2. The van der Waals surface area contributed by atoms with E-state index in [0.717, 1.165) is 37.9 Å². The molecule has 0 radical (unpaired) electrons. The van der Waals surface area contributed by atoms with Gasteiger partial charge in [0.2, 0.25) is 11.9 Å². The quantitative estimate of drug-likeness (QED) is 0.802. The molecule has 8 heteroatoms. The maximum absolute atomic E-state index is 14.6. The molecule has 0 saturated carbocycles. The Balaban J connectivity index is 1.50. The van der Waals surface area contributed by atoms with Crippen molar-refractivity contribution in [2.45, 2.75) is 44.8 Å². The van der Waals surface area contributed by atoms with Crippen LogP contribution in [0.25, 0.3) is 11.3 Å². The molecule has 0 unspecified atom stereocenters. The minimum absolute atomic E-state index is 0.0925. The number of amides is 1. The Morgan fingerprint density at radius 1 is 1.23 bits per heavy atom. The van der Waals surface area contributed by atoms with E-state index in [1.165, 1.54) is 6.20 Å². The van der Waals surface area contributed by atoms with Gasteiger partial charge >= 0.3 is 0 Å². The molecule has 2 aliphatic heterocycles. The van der Waals surface area contributed by atoms with Crippen LogP contribution in [0.3, 0.4) is 0 Å². The van der Waals surface area contributed by atoms with E-state index < -0.39 is 5.82 Å². The highest BCUT2D eigenvalue weighted by Crippen LogP contribution is 2.28. The number of benzene rings is 1. The van der Waals surface area contributed by atoms with Crippen LogP contribution in [0.1, 0.15) is 32.6 Å². The molecule has 1 aromatic carbocycles. The number of aliphatic hydroxyl groups is 1. The molecule has 2 N–H and O–H groups in total. The third kappa shape index (κ3) is 4.70. The molecule has 2 saturated heterocycles. The van der Waals surface area contributed by atoms with Gasteiger partial charge in [-0.2, -0.15) is 0 Å². The van der Waals surface area contributed by atoms with E-state index in [-0.39, 0.29) is 23.7 Å². The summed E-state index contributed by atoms with van der Waals surface area (Å²) in [5, 5.41) is 13.2. The van der Waals surface area contributed by atoms with E-state index in [2.05, 4.69) is 20.2 Å². The van der Waals surface area contributed by atoms with Gasteiger partial charge in [0.25, 0.3) is 0 Å².